The van der Waals surface area contributed by atoms with E-state index in [0.717, 1.165) is 23.5 Å². The first-order valence-corrected chi connectivity index (χ1v) is 11.6. The Balaban J connectivity index is 1.48. The van der Waals surface area contributed by atoms with Gasteiger partial charge in [0.1, 0.15) is 0 Å². The molecule has 0 bridgehead atoms. The zero-order valence-electron chi connectivity index (χ0n) is 17.3. The average Bonchev–Trinajstić information content (AvgIpc) is 2.75. The molecule has 0 aromatic carbocycles. The molecule has 1 fully saturated rings. The first-order chi connectivity index (χ1) is 14.4. The molecular formula is C20H28N6O3S. The van der Waals surface area contributed by atoms with Gasteiger partial charge in [0.15, 0.2) is 0 Å². The van der Waals surface area contributed by atoms with Gasteiger partial charge in [-0.1, -0.05) is 0 Å². The summed E-state index contributed by atoms with van der Waals surface area (Å²) < 4.78 is 25.5. The van der Waals surface area contributed by atoms with Gasteiger partial charge in [-0.3, -0.25) is 14.9 Å². The molecule has 3 rings (SSSR count). The number of sulfonamides is 1. The fourth-order valence-electron chi connectivity index (χ4n) is 3.22. The minimum atomic E-state index is -3.12. The third-order valence-electron chi connectivity index (χ3n) is 4.98. The Labute approximate surface area is 177 Å². The Kier molecular flexibility index (Phi) is 7.35. The Morgan fingerprint density at radius 3 is 2.57 bits per heavy atom. The second-order valence-electron chi connectivity index (χ2n) is 7.23. The van der Waals surface area contributed by atoms with Crippen LogP contribution in [0.3, 0.4) is 0 Å². The lowest BCUT2D eigenvalue weighted by Gasteiger charge is -2.33. The van der Waals surface area contributed by atoms with E-state index in [2.05, 4.69) is 25.5 Å². The number of urea groups is 1. The number of anilines is 1. The molecule has 30 heavy (non-hydrogen) atoms. The summed E-state index contributed by atoms with van der Waals surface area (Å²) in [4.78, 5) is 22.8. The molecule has 2 aromatic heterocycles. The third-order valence-corrected chi connectivity index (χ3v) is 6.86. The Bertz CT molecular complexity index is 957. The Hall–Kier alpha value is -2.56. The molecule has 3 heterocycles. The van der Waals surface area contributed by atoms with Crippen LogP contribution in [0.15, 0.2) is 36.7 Å². The average molecular weight is 433 g/mol. The number of carbonyl (C=O) groups excluding carboxylic acids is 1. The van der Waals surface area contributed by atoms with Crippen LogP contribution in [0, 0.1) is 6.92 Å². The number of nitrogens with zero attached hydrogens (tertiary/aromatic N) is 4. The highest BCUT2D eigenvalue weighted by Crippen LogP contribution is 2.12. The summed E-state index contributed by atoms with van der Waals surface area (Å²) in [5.41, 5.74) is 3.35. The summed E-state index contributed by atoms with van der Waals surface area (Å²) in [6.07, 6.45) is 3.34. The van der Waals surface area contributed by atoms with Crippen molar-refractivity contribution in [3.05, 3.63) is 53.6 Å². The molecule has 1 aliphatic rings. The zero-order valence-corrected chi connectivity index (χ0v) is 18.2. The summed E-state index contributed by atoms with van der Waals surface area (Å²) >= 11 is 0. The first-order valence-electron chi connectivity index (χ1n) is 9.97. The quantitative estimate of drug-likeness (QED) is 0.688. The lowest BCUT2D eigenvalue weighted by Crippen LogP contribution is -2.48. The van der Waals surface area contributed by atoms with E-state index in [1.807, 2.05) is 25.1 Å². The maximum atomic E-state index is 12.1. The van der Waals surface area contributed by atoms with Crippen molar-refractivity contribution in [3.63, 3.8) is 0 Å². The van der Waals surface area contributed by atoms with E-state index in [1.54, 1.807) is 29.7 Å². The number of aromatic nitrogens is 2. The Morgan fingerprint density at radius 1 is 1.13 bits per heavy atom. The largest absolute Gasteiger partial charge is 0.332 e. The minimum absolute atomic E-state index is 0.141. The van der Waals surface area contributed by atoms with E-state index in [-0.39, 0.29) is 11.8 Å². The van der Waals surface area contributed by atoms with Crippen LogP contribution in [0.1, 0.15) is 23.9 Å². The highest BCUT2D eigenvalue weighted by molar-refractivity contribution is 7.89. The number of carbonyl (C=O) groups is 1. The number of amides is 2. The van der Waals surface area contributed by atoms with E-state index < -0.39 is 10.0 Å². The second kappa shape index (κ2) is 9.96. The standard InChI is InChI=1S/C20H28N6O3S/c1-3-30(28,29)26-10-8-25(9-11-26)15-17-6-7-21-19(12-17)14-23-20(27)24-18-5-4-16(2)22-13-18/h4-7,12-13H,3,8-11,14-15H2,1-2H3,(H2,23,24,27). The minimum Gasteiger partial charge on any atom is -0.332 e. The molecule has 0 spiro atoms. The monoisotopic (exact) mass is 432 g/mol. The maximum Gasteiger partial charge on any atom is 0.319 e. The number of aryl methyl sites for hydroxylation is 1. The fraction of sp³-hybridized carbons (Fsp3) is 0.450. The molecular weight excluding hydrogens is 404 g/mol. The SMILES string of the molecule is CCS(=O)(=O)N1CCN(Cc2ccnc(CNC(=O)Nc3ccc(C)nc3)c2)CC1. The summed E-state index contributed by atoms with van der Waals surface area (Å²) in [6, 6.07) is 7.21. The summed E-state index contributed by atoms with van der Waals surface area (Å²) in [6.45, 7) is 7.01. The predicted octanol–water partition coefficient (Wildman–Crippen LogP) is 1.57. The summed E-state index contributed by atoms with van der Waals surface area (Å²) in [5, 5.41) is 5.53. The normalized spacial score (nSPS) is 15.7. The molecule has 2 amide bonds. The van der Waals surface area contributed by atoms with Crippen LogP contribution in [0.25, 0.3) is 0 Å². The van der Waals surface area contributed by atoms with Crippen molar-refractivity contribution in [3.8, 4) is 0 Å². The van der Waals surface area contributed by atoms with Gasteiger partial charge in [-0.25, -0.2) is 13.2 Å². The van der Waals surface area contributed by atoms with E-state index in [1.165, 1.54) is 0 Å². The van der Waals surface area contributed by atoms with Crippen LogP contribution < -0.4 is 10.6 Å². The predicted molar refractivity (Wildman–Crippen MR) is 115 cm³/mol. The molecule has 10 heteroatoms. The molecule has 0 unspecified atom stereocenters. The van der Waals surface area contributed by atoms with E-state index in [0.29, 0.717) is 38.4 Å². The number of hydrogen-bond donors (Lipinski definition) is 2. The number of hydrogen-bond acceptors (Lipinski definition) is 6. The molecule has 0 atom stereocenters. The molecule has 0 saturated carbocycles. The van der Waals surface area contributed by atoms with Crippen molar-refractivity contribution in [2.24, 2.45) is 0 Å². The summed E-state index contributed by atoms with van der Waals surface area (Å²) in [7, 11) is -3.12. The molecule has 162 valence electrons. The smallest absolute Gasteiger partial charge is 0.319 e. The van der Waals surface area contributed by atoms with Crippen molar-refractivity contribution in [2.75, 3.05) is 37.2 Å². The van der Waals surface area contributed by atoms with Crippen molar-refractivity contribution < 1.29 is 13.2 Å². The van der Waals surface area contributed by atoms with Crippen LogP contribution in [0.4, 0.5) is 10.5 Å². The van der Waals surface area contributed by atoms with Crippen molar-refractivity contribution >= 4 is 21.7 Å². The van der Waals surface area contributed by atoms with Gasteiger partial charge in [0.2, 0.25) is 10.0 Å². The third kappa shape index (κ3) is 6.22. The van der Waals surface area contributed by atoms with Crippen molar-refractivity contribution in [2.45, 2.75) is 26.9 Å². The van der Waals surface area contributed by atoms with E-state index in [4.69, 9.17) is 0 Å². The molecule has 0 radical (unpaired) electrons. The highest BCUT2D eigenvalue weighted by Gasteiger charge is 2.25. The van der Waals surface area contributed by atoms with Crippen LogP contribution in [0.5, 0.6) is 0 Å². The first kappa shape index (κ1) is 22.1. The Morgan fingerprint density at radius 2 is 1.90 bits per heavy atom. The van der Waals surface area contributed by atoms with Gasteiger partial charge in [0.05, 0.1) is 29.9 Å². The van der Waals surface area contributed by atoms with Crippen LogP contribution in [0.2, 0.25) is 0 Å². The van der Waals surface area contributed by atoms with Gasteiger partial charge in [0.25, 0.3) is 0 Å². The number of pyridine rings is 2. The number of nitrogens with one attached hydrogen (secondary N) is 2. The lowest BCUT2D eigenvalue weighted by molar-refractivity contribution is 0.181. The molecule has 1 aliphatic heterocycles. The topological polar surface area (TPSA) is 108 Å². The fourth-order valence-corrected chi connectivity index (χ4v) is 4.30. The van der Waals surface area contributed by atoms with E-state index >= 15 is 0 Å². The van der Waals surface area contributed by atoms with E-state index in [9.17, 15) is 13.2 Å². The van der Waals surface area contributed by atoms with Gasteiger partial charge in [-0.05, 0) is 43.7 Å². The van der Waals surface area contributed by atoms with Gasteiger partial charge in [-0.2, -0.15) is 4.31 Å². The van der Waals surface area contributed by atoms with Gasteiger partial charge in [-0.15, -0.1) is 0 Å². The van der Waals surface area contributed by atoms with Crippen molar-refractivity contribution in [1.82, 2.24) is 24.5 Å². The highest BCUT2D eigenvalue weighted by atomic mass is 32.2. The van der Waals surface area contributed by atoms with Gasteiger partial charge < -0.3 is 10.6 Å². The number of piperazine rings is 1. The molecule has 2 N–H and O–H groups in total. The lowest BCUT2D eigenvalue weighted by atomic mass is 10.2. The van der Waals surface area contributed by atoms with Gasteiger partial charge in [0, 0.05) is 44.6 Å². The molecule has 0 aliphatic carbocycles. The molecule has 9 nitrogen and oxygen atoms in total. The maximum absolute atomic E-state index is 12.1. The molecule has 1 saturated heterocycles. The van der Waals surface area contributed by atoms with Crippen LogP contribution in [-0.4, -0.2) is 65.6 Å². The van der Waals surface area contributed by atoms with Crippen LogP contribution in [-0.2, 0) is 23.1 Å². The molecule has 2 aromatic rings. The van der Waals surface area contributed by atoms with Crippen molar-refractivity contribution in [1.29, 1.82) is 0 Å². The number of rotatable bonds is 7. The van der Waals surface area contributed by atoms with Crippen LogP contribution >= 0.6 is 0 Å². The van der Waals surface area contributed by atoms with Gasteiger partial charge >= 0.3 is 6.03 Å². The summed E-state index contributed by atoms with van der Waals surface area (Å²) in [5.74, 6) is 0.141. The second-order valence-corrected chi connectivity index (χ2v) is 9.48. The zero-order chi connectivity index (χ0) is 21.6.